The minimum Gasteiger partial charge on any atom is -0.319 e. The Bertz CT molecular complexity index is 518. The van der Waals surface area contributed by atoms with Crippen LogP contribution in [0, 0.1) is 0 Å². The van der Waals surface area contributed by atoms with E-state index >= 15 is 0 Å². The van der Waals surface area contributed by atoms with Gasteiger partial charge >= 0.3 is 0 Å². The molecule has 0 saturated carbocycles. The number of nitrogens with zero attached hydrogens (tertiary/aromatic N) is 1. The maximum absolute atomic E-state index is 11.0. The van der Waals surface area contributed by atoms with E-state index in [1.807, 2.05) is 25.2 Å². The summed E-state index contributed by atoms with van der Waals surface area (Å²) in [6.07, 6.45) is 2.28. The van der Waals surface area contributed by atoms with Gasteiger partial charge in [0.1, 0.15) is 0 Å². The number of hydrogen-bond acceptors (Lipinski definition) is 3. The van der Waals surface area contributed by atoms with Gasteiger partial charge < -0.3 is 10.3 Å². The Kier molecular flexibility index (Phi) is 2.78. The van der Waals surface area contributed by atoms with Gasteiger partial charge in [0.2, 0.25) is 0 Å². The molecule has 78 valence electrons. The zero-order chi connectivity index (χ0) is 10.7. The molecule has 4 heteroatoms. The summed E-state index contributed by atoms with van der Waals surface area (Å²) >= 11 is 0. The first-order chi connectivity index (χ1) is 7.29. The number of H-pyrrole nitrogens is 1. The Hall–Kier alpha value is -1.68. The molecule has 0 aliphatic heterocycles. The smallest absolute Gasteiger partial charge is 0.266 e. The molecule has 0 amide bonds. The highest BCUT2D eigenvalue weighted by atomic mass is 16.1. The predicted octanol–water partition coefficient (Wildman–Crippen LogP) is 0.685. The molecule has 0 aliphatic rings. The fourth-order valence-electron chi connectivity index (χ4n) is 1.51. The van der Waals surface area contributed by atoms with Gasteiger partial charge in [-0.05, 0) is 37.7 Å². The van der Waals surface area contributed by atoms with E-state index in [1.54, 1.807) is 0 Å². The average Bonchev–Trinajstić information content (AvgIpc) is 2.26. The van der Waals surface area contributed by atoms with Crippen molar-refractivity contribution in [3.05, 3.63) is 40.3 Å². The standard InChI is InChI=1S/C11H13N3O/c1-12-5-4-8-2-3-9-10(6-8)13-7-11(15)14-9/h2-3,6-7,12H,4-5H2,1H3,(H,14,15). The second kappa shape index (κ2) is 4.23. The lowest BCUT2D eigenvalue weighted by Gasteiger charge is -2.02. The highest BCUT2D eigenvalue weighted by Crippen LogP contribution is 2.09. The predicted molar refractivity (Wildman–Crippen MR) is 60.0 cm³/mol. The number of hydrogen-bond donors (Lipinski definition) is 2. The molecule has 0 spiro atoms. The molecule has 0 atom stereocenters. The van der Waals surface area contributed by atoms with Crippen LogP contribution in [-0.4, -0.2) is 23.6 Å². The molecule has 4 nitrogen and oxygen atoms in total. The molecule has 0 aliphatic carbocycles. The van der Waals surface area contributed by atoms with E-state index in [4.69, 9.17) is 0 Å². The molecule has 2 N–H and O–H groups in total. The molecule has 0 radical (unpaired) electrons. The SMILES string of the molecule is CNCCc1ccc2[nH]c(=O)cnc2c1. The van der Waals surface area contributed by atoms with Crippen molar-refractivity contribution in [2.24, 2.45) is 0 Å². The number of nitrogens with one attached hydrogen (secondary N) is 2. The second-order valence-corrected chi connectivity index (χ2v) is 3.45. The Labute approximate surface area is 87.4 Å². The van der Waals surface area contributed by atoms with Crippen molar-refractivity contribution in [3.8, 4) is 0 Å². The third-order valence-electron chi connectivity index (χ3n) is 2.30. The maximum atomic E-state index is 11.0. The van der Waals surface area contributed by atoms with E-state index in [9.17, 15) is 4.79 Å². The van der Waals surface area contributed by atoms with Gasteiger partial charge in [-0.15, -0.1) is 0 Å². The highest BCUT2D eigenvalue weighted by molar-refractivity contribution is 5.74. The molecule has 1 heterocycles. The Morgan fingerprint density at radius 2 is 2.33 bits per heavy atom. The van der Waals surface area contributed by atoms with Crippen LogP contribution in [0.1, 0.15) is 5.56 Å². The molecule has 0 fully saturated rings. The minimum atomic E-state index is -0.162. The van der Waals surface area contributed by atoms with E-state index in [0.29, 0.717) is 0 Å². The summed E-state index contributed by atoms with van der Waals surface area (Å²) in [6.45, 7) is 0.939. The molecule has 1 aromatic carbocycles. The van der Waals surface area contributed by atoms with Crippen molar-refractivity contribution < 1.29 is 0 Å². The summed E-state index contributed by atoms with van der Waals surface area (Å²) in [5.41, 5.74) is 2.68. The summed E-state index contributed by atoms with van der Waals surface area (Å²) < 4.78 is 0. The van der Waals surface area contributed by atoms with Crippen molar-refractivity contribution in [1.82, 2.24) is 15.3 Å². The van der Waals surface area contributed by atoms with Crippen molar-refractivity contribution in [1.29, 1.82) is 0 Å². The van der Waals surface area contributed by atoms with E-state index in [2.05, 4.69) is 15.3 Å². The second-order valence-electron chi connectivity index (χ2n) is 3.45. The minimum absolute atomic E-state index is 0.162. The number of likely N-dealkylation sites (N-methyl/N-ethyl adjacent to an activating group) is 1. The summed E-state index contributed by atoms with van der Waals surface area (Å²) in [4.78, 5) is 17.8. The van der Waals surface area contributed by atoms with Crippen LogP contribution in [0.2, 0.25) is 0 Å². The first-order valence-electron chi connectivity index (χ1n) is 4.92. The highest BCUT2D eigenvalue weighted by Gasteiger charge is 1.98. The fraction of sp³-hybridized carbons (Fsp3) is 0.273. The van der Waals surface area contributed by atoms with Crippen LogP contribution in [0.5, 0.6) is 0 Å². The van der Waals surface area contributed by atoms with Gasteiger partial charge in [0.15, 0.2) is 0 Å². The normalized spacial score (nSPS) is 10.7. The number of aromatic amines is 1. The van der Waals surface area contributed by atoms with Crippen molar-refractivity contribution in [2.75, 3.05) is 13.6 Å². The van der Waals surface area contributed by atoms with Crippen molar-refractivity contribution >= 4 is 11.0 Å². The van der Waals surface area contributed by atoms with Crippen LogP contribution in [0.4, 0.5) is 0 Å². The van der Waals surface area contributed by atoms with E-state index < -0.39 is 0 Å². The van der Waals surface area contributed by atoms with Gasteiger partial charge in [-0.1, -0.05) is 6.07 Å². The Balaban J connectivity index is 2.39. The maximum Gasteiger partial charge on any atom is 0.266 e. The first kappa shape index (κ1) is 9.86. The summed E-state index contributed by atoms with van der Waals surface area (Å²) in [5, 5.41) is 3.10. The van der Waals surface area contributed by atoms with Crippen LogP contribution in [-0.2, 0) is 6.42 Å². The molecular weight excluding hydrogens is 190 g/mol. The van der Waals surface area contributed by atoms with E-state index in [1.165, 1.54) is 11.8 Å². The van der Waals surface area contributed by atoms with Gasteiger partial charge in [0.25, 0.3) is 5.56 Å². The zero-order valence-corrected chi connectivity index (χ0v) is 8.58. The number of fused-ring (bicyclic) bond motifs is 1. The Morgan fingerprint density at radius 3 is 3.13 bits per heavy atom. The lowest BCUT2D eigenvalue weighted by molar-refractivity contribution is 0.792. The lowest BCUT2D eigenvalue weighted by atomic mass is 10.1. The molecular formula is C11H13N3O. The molecule has 0 bridgehead atoms. The monoisotopic (exact) mass is 203 g/mol. The van der Waals surface area contributed by atoms with Crippen LogP contribution < -0.4 is 10.9 Å². The molecule has 2 aromatic rings. The van der Waals surface area contributed by atoms with E-state index in [0.717, 1.165) is 24.0 Å². The summed E-state index contributed by atoms with van der Waals surface area (Å²) in [6, 6.07) is 5.91. The van der Waals surface area contributed by atoms with E-state index in [-0.39, 0.29) is 5.56 Å². The third kappa shape index (κ3) is 2.22. The molecule has 1 aromatic heterocycles. The molecule has 0 unspecified atom stereocenters. The largest absolute Gasteiger partial charge is 0.319 e. The first-order valence-corrected chi connectivity index (χ1v) is 4.92. The van der Waals surface area contributed by atoms with Crippen LogP contribution in [0.15, 0.2) is 29.2 Å². The topological polar surface area (TPSA) is 57.8 Å². The summed E-state index contributed by atoms with van der Waals surface area (Å²) in [5.74, 6) is 0. The zero-order valence-electron chi connectivity index (χ0n) is 8.58. The molecule has 0 saturated heterocycles. The van der Waals surface area contributed by atoms with Crippen LogP contribution in [0.3, 0.4) is 0 Å². The van der Waals surface area contributed by atoms with Gasteiger partial charge in [0.05, 0.1) is 17.2 Å². The number of rotatable bonds is 3. The van der Waals surface area contributed by atoms with Gasteiger partial charge in [0, 0.05) is 0 Å². The molecule has 2 rings (SSSR count). The third-order valence-corrected chi connectivity index (χ3v) is 2.30. The van der Waals surface area contributed by atoms with Crippen LogP contribution >= 0.6 is 0 Å². The van der Waals surface area contributed by atoms with Gasteiger partial charge in [-0.3, -0.25) is 4.79 Å². The average molecular weight is 203 g/mol. The van der Waals surface area contributed by atoms with Gasteiger partial charge in [-0.25, -0.2) is 4.98 Å². The quantitative estimate of drug-likeness (QED) is 0.771. The van der Waals surface area contributed by atoms with Crippen molar-refractivity contribution in [2.45, 2.75) is 6.42 Å². The fourth-order valence-corrected chi connectivity index (χ4v) is 1.51. The van der Waals surface area contributed by atoms with Gasteiger partial charge in [-0.2, -0.15) is 0 Å². The summed E-state index contributed by atoms with van der Waals surface area (Å²) in [7, 11) is 1.93. The molecule has 15 heavy (non-hydrogen) atoms. The lowest BCUT2D eigenvalue weighted by Crippen LogP contribution is -2.10. The number of benzene rings is 1. The van der Waals surface area contributed by atoms with Crippen LogP contribution in [0.25, 0.3) is 11.0 Å². The Morgan fingerprint density at radius 1 is 1.47 bits per heavy atom. The number of aromatic nitrogens is 2. The van der Waals surface area contributed by atoms with Crippen molar-refractivity contribution in [3.63, 3.8) is 0 Å².